The molecule has 0 saturated heterocycles. The van der Waals surface area contributed by atoms with Crippen LogP contribution in [0.5, 0.6) is 0 Å². The lowest BCUT2D eigenvalue weighted by Gasteiger charge is -2.18. The minimum absolute atomic E-state index is 0.0786. The van der Waals surface area contributed by atoms with E-state index in [0.717, 1.165) is 96.3 Å². The molecule has 378 valence electrons. The number of hydrogen-bond acceptors (Lipinski definition) is 6. The summed E-state index contributed by atoms with van der Waals surface area (Å²) in [7, 11) is 0. The summed E-state index contributed by atoms with van der Waals surface area (Å²) in [4.78, 5) is 38.1. The monoisotopic (exact) mass is 911 g/mol. The number of rotatable bonds is 51. The summed E-state index contributed by atoms with van der Waals surface area (Å²) in [6.07, 6.45) is 65.2. The lowest BCUT2D eigenvalue weighted by atomic mass is 10.0. The van der Waals surface area contributed by atoms with E-state index >= 15 is 0 Å². The van der Waals surface area contributed by atoms with Gasteiger partial charge in [0.05, 0.1) is 0 Å². The van der Waals surface area contributed by atoms with Crippen LogP contribution in [0.3, 0.4) is 0 Å². The fourth-order valence-corrected chi connectivity index (χ4v) is 8.10. The highest BCUT2D eigenvalue weighted by Crippen LogP contribution is 2.16. The van der Waals surface area contributed by atoms with Crippen LogP contribution in [-0.2, 0) is 28.6 Å². The van der Waals surface area contributed by atoms with Gasteiger partial charge in [0.25, 0.3) is 0 Å². The molecule has 6 nitrogen and oxygen atoms in total. The molecule has 0 aliphatic rings. The van der Waals surface area contributed by atoms with Gasteiger partial charge in [-0.3, -0.25) is 14.4 Å². The molecule has 0 bridgehead atoms. The maximum absolute atomic E-state index is 12.8. The molecule has 0 aliphatic carbocycles. The van der Waals surface area contributed by atoms with E-state index in [1.54, 1.807) is 0 Å². The van der Waals surface area contributed by atoms with Gasteiger partial charge in [0, 0.05) is 19.3 Å². The van der Waals surface area contributed by atoms with Gasteiger partial charge >= 0.3 is 17.9 Å². The molecule has 1 atom stereocenters. The van der Waals surface area contributed by atoms with Gasteiger partial charge in [-0.15, -0.1) is 0 Å². The second-order valence-corrected chi connectivity index (χ2v) is 18.8. The quantitative estimate of drug-likeness (QED) is 0.0262. The molecule has 0 heterocycles. The number of carbonyl (C=O) groups excluding carboxylic acids is 3. The molecule has 0 unspecified atom stereocenters. The van der Waals surface area contributed by atoms with E-state index in [1.807, 2.05) is 0 Å². The summed E-state index contributed by atoms with van der Waals surface area (Å²) in [5.41, 5.74) is 0. The maximum atomic E-state index is 12.8. The van der Waals surface area contributed by atoms with Crippen LogP contribution in [0.25, 0.3) is 0 Å². The first kappa shape index (κ1) is 62.4. The molecule has 0 spiro atoms. The third-order valence-electron chi connectivity index (χ3n) is 12.3. The first-order valence-electron chi connectivity index (χ1n) is 28.1. The van der Waals surface area contributed by atoms with Crippen molar-refractivity contribution in [3.8, 4) is 0 Å². The highest BCUT2D eigenvalue weighted by molar-refractivity contribution is 5.71. The highest BCUT2D eigenvalue weighted by Gasteiger charge is 2.19. The molecule has 0 fully saturated rings. The summed E-state index contributed by atoms with van der Waals surface area (Å²) in [5.74, 6) is -0.887. The van der Waals surface area contributed by atoms with Crippen molar-refractivity contribution in [2.75, 3.05) is 13.2 Å². The van der Waals surface area contributed by atoms with E-state index in [2.05, 4.69) is 69.4 Å². The number of hydrogen-bond donors (Lipinski definition) is 0. The van der Waals surface area contributed by atoms with Crippen molar-refractivity contribution >= 4 is 17.9 Å². The topological polar surface area (TPSA) is 78.9 Å². The summed E-state index contributed by atoms with van der Waals surface area (Å²) in [5, 5.41) is 0. The molecular weight excluding hydrogens is 805 g/mol. The van der Waals surface area contributed by atoms with Gasteiger partial charge in [-0.2, -0.15) is 0 Å². The normalized spacial score (nSPS) is 12.4. The van der Waals surface area contributed by atoms with Crippen molar-refractivity contribution in [1.29, 1.82) is 0 Å². The Morgan fingerprint density at radius 3 is 0.954 bits per heavy atom. The Bertz CT molecular complexity index is 1140. The van der Waals surface area contributed by atoms with E-state index in [0.29, 0.717) is 19.3 Å². The first-order valence-corrected chi connectivity index (χ1v) is 28.1. The predicted molar refractivity (Wildman–Crippen MR) is 279 cm³/mol. The van der Waals surface area contributed by atoms with Crippen LogP contribution >= 0.6 is 0 Å². The van der Waals surface area contributed by atoms with Gasteiger partial charge < -0.3 is 14.2 Å². The minimum Gasteiger partial charge on any atom is -0.462 e. The number of esters is 3. The molecule has 0 aromatic carbocycles. The summed E-state index contributed by atoms with van der Waals surface area (Å²) in [6, 6.07) is 0. The van der Waals surface area contributed by atoms with Gasteiger partial charge in [0.1, 0.15) is 13.2 Å². The molecule has 0 radical (unpaired) electrons. The molecule has 6 heteroatoms. The van der Waals surface area contributed by atoms with Crippen molar-refractivity contribution < 1.29 is 28.6 Å². The molecule has 0 aromatic rings. The molecule has 0 amide bonds. The molecule has 65 heavy (non-hydrogen) atoms. The van der Waals surface area contributed by atoms with E-state index in [4.69, 9.17) is 14.2 Å². The number of allylic oxidation sites excluding steroid dienone is 8. The molecular formula is C59H106O6. The van der Waals surface area contributed by atoms with Gasteiger partial charge in [0.2, 0.25) is 0 Å². The fraction of sp³-hybridized carbons (Fsp3) is 0.814. The number of unbranched alkanes of at least 4 members (excludes halogenated alkanes) is 32. The Labute approximate surface area is 403 Å². The smallest absolute Gasteiger partial charge is 0.306 e. The first-order chi connectivity index (χ1) is 32.0. The Kier molecular flexibility index (Phi) is 51.8. The minimum atomic E-state index is -0.781. The van der Waals surface area contributed by atoms with Crippen molar-refractivity contribution in [2.45, 2.75) is 297 Å². The third kappa shape index (κ3) is 52.2. The summed E-state index contributed by atoms with van der Waals surface area (Å²) < 4.78 is 16.8. The van der Waals surface area contributed by atoms with Crippen LogP contribution in [0.4, 0.5) is 0 Å². The third-order valence-corrected chi connectivity index (χ3v) is 12.3. The Morgan fingerprint density at radius 1 is 0.323 bits per heavy atom. The van der Waals surface area contributed by atoms with E-state index < -0.39 is 6.10 Å². The van der Waals surface area contributed by atoms with Crippen LogP contribution < -0.4 is 0 Å². The Morgan fingerprint density at radius 2 is 0.600 bits per heavy atom. The van der Waals surface area contributed by atoms with Crippen molar-refractivity contribution in [3.63, 3.8) is 0 Å². The zero-order valence-electron chi connectivity index (χ0n) is 43.3. The van der Waals surface area contributed by atoms with Crippen LogP contribution in [0, 0.1) is 0 Å². The van der Waals surface area contributed by atoms with Crippen LogP contribution in [0.15, 0.2) is 48.6 Å². The van der Waals surface area contributed by atoms with E-state index in [1.165, 1.54) is 154 Å². The van der Waals surface area contributed by atoms with E-state index in [-0.39, 0.29) is 31.1 Å². The van der Waals surface area contributed by atoms with Gasteiger partial charge in [-0.25, -0.2) is 0 Å². The second-order valence-electron chi connectivity index (χ2n) is 18.8. The molecule has 0 saturated carbocycles. The van der Waals surface area contributed by atoms with Crippen LogP contribution in [-0.4, -0.2) is 37.2 Å². The zero-order valence-corrected chi connectivity index (χ0v) is 43.3. The highest BCUT2D eigenvalue weighted by atomic mass is 16.6. The molecule has 0 N–H and O–H groups in total. The van der Waals surface area contributed by atoms with Gasteiger partial charge in [0.15, 0.2) is 6.10 Å². The van der Waals surface area contributed by atoms with E-state index in [9.17, 15) is 14.4 Å². The van der Waals surface area contributed by atoms with Crippen LogP contribution in [0.2, 0.25) is 0 Å². The van der Waals surface area contributed by atoms with Crippen molar-refractivity contribution in [2.24, 2.45) is 0 Å². The number of carbonyl (C=O) groups is 3. The maximum Gasteiger partial charge on any atom is 0.306 e. The summed E-state index contributed by atoms with van der Waals surface area (Å²) >= 11 is 0. The number of ether oxygens (including phenoxy) is 3. The average Bonchev–Trinajstić information content (AvgIpc) is 3.30. The lowest BCUT2D eigenvalue weighted by Crippen LogP contribution is -2.30. The van der Waals surface area contributed by atoms with Gasteiger partial charge in [-0.05, 0) is 77.0 Å². The SMILES string of the molecule is CC/C=C\C/C=C\C/C=C\CCCCCCCC(=O)O[C@H](COC(=O)CCCCCCCCC/C=C\CCCCCCCC)COC(=O)CCCCCCCCCCCCCCCCC. The van der Waals surface area contributed by atoms with Gasteiger partial charge in [-0.1, -0.05) is 243 Å². The molecule has 0 aliphatic heterocycles. The average molecular weight is 911 g/mol. The zero-order chi connectivity index (χ0) is 47.2. The standard InChI is InChI=1S/C59H106O6/c1-4-7-10-13-16-19-22-25-28-29-32-34-37-40-43-46-49-52-58(61)64-55-56(65-59(62)53-50-47-44-41-38-35-31-27-24-21-18-15-12-9-6-3)54-63-57(60)51-48-45-42-39-36-33-30-26-23-20-17-14-11-8-5-2/h9,12,18,21,25,27-28,31,56H,4-8,10-11,13-17,19-20,22-24,26,29-30,32-55H2,1-3H3/b12-9-,21-18-,28-25-,31-27-/t56-/m0/s1. The largest absolute Gasteiger partial charge is 0.462 e. The Hall–Kier alpha value is -2.63. The van der Waals surface area contributed by atoms with Crippen LogP contribution in [0.1, 0.15) is 290 Å². The fourth-order valence-electron chi connectivity index (χ4n) is 8.10. The van der Waals surface area contributed by atoms with Crippen molar-refractivity contribution in [1.82, 2.24) is 0 Å². The second kappa shape index (κ2) is 54.0. The molecule has 0 aromatic heterocycles. The van der Waals surface area contributed by atoms with Crippen molar-refractivity contribution in [3.05, 3.63) is 48.6 Å². The summed E-state index contributed by atoms with van der Waals surface area (Å²) in [6.45, 7) is 6.54. The predicted octanol–water partition coefficient (Wildman–Crippen LogP) is 18.7. The Balaban J connectivity index is 4.38. The lowest BCUT2D eigenvalue weighted by molar-refractivity contribution is -0.167. The molecule has 0 rings (SSSR count).